The Morgan fingerprint density at radius 1 is 1.50 bits per heavy atom. The molecule has 1 heterocycles. The molecule has 0 bridgehead atoms. The topological polar surface area (TPSA) is 88.6 Å². The van der Waals surface area contributed by atoms with Gasteiger partial charge < -0.3 is 10.5 Å². The summed E-state index contributed by atoms with van der Waals surface area (Å²) in [5.74, 6) is 0.250. The highest BCUT2D eigenvalue weighted by molar-refractivity contribution is 5.59. The van der Waals surface area contributed by atoms with Crippen molar-refractivity contribution in [1.29, 1.82) is 0 Å². The number of nitrogens with two attached hydrogens (primary N) is 1. The molecule has 0 spiro atoms. The summed E-state index contributed by atoms with van der Waals surface area (Å²) in [6.45, 7) is 1.64. The molecule has 78 valence electrons. The van der Waals surface area contributed by atoms with Crippen molar-refractivity contribution < 1.29 is 15.2 Å². The van der Waals surface area contributed by atoms with E-state index >= 15 is 0 Å². The van der Waals surface area contributed by atoms with Crippen LogP contribution in [0.25, 0.3) is 0 Å². The Balaban J connectivity index is 3.18. The van der Waals surface area contributed by atoms with Gasteiger partial charge in [-0.1, -0.05) is 0 Å². The molecular weight excluding hydrogens is 186 g/mol. The Morgan fingerprint density at radius 3 is 2.64 bits per heavy atom. The second-order valence-electron chi connectivity index (χ2n) is 2.81. The summed E-state index contributed by atoms with van der Waals surface area (Å²) in [6.07, 6.45) is 0. The molecule has 4 N–H and O–H groups in total. The van der Waals surface area contributed by atoms with Gasteiger partial charge in [0.2, 0.25) is 5.88 Å². The van der Waals surface area contributed by atoms with Crippen molar-refractivity contribution in [1.82, 2.24) is 9.79 Å². The highest BCUT2D eigenvalue weighted by Gasteiger charge is 2.29. The van der Waals surface area contributed by atoms with Gasteiger partial charge in [-0.05, 0) is 13.0 Å². The number of pyridine rings is 1. The van der Waals surface area contributed by atoms with Crippen LogP contribution in [0.1, 0.15) is 6.92 Å². The van der Waals surface area contributed by atoms with Gasteiger partial charge in [0.25, 0.3) is 0 Å². The number of hydroxylamine groups is 2. The van der Waals surface area contributed by atoms with Gasteiger partial charge in [-0.15, -0.1) is 0 Å². The van der Waals surface area contributed by atoms with Gasteiger partial charge in [0, 0.05) is 10.9 Å². The quantitative estimate of drug-likeness (QED) is 0.495. The molecular formula is C8H14N3O3+. The largest absolute Gasteiger partial charge is 0.481 e. The maximum atomic E-state index is 9.49. The SMILES string of the molecule is CC[N+](O)(O)c1nc(OC)ccc1N. The van der Waals surface area contributed by atoms with Gasteiger partial charge in [-0.3, -0.25) is 0 Å². The fourth-order valence-corrected chi connectivity index (χ4v) is 0.992. The number of rotatable bonds is 3. The number of nitrogen functional groups attached to an aromatic ring is 1. The molecule has 1 aromatic rings. The van der Waals surface area contributed by atoms with Crippen LogP contribution in [-0.4, -0.2) is 29.1 Å². The number of aromatic nitrogens is 1. The van der Waals surface area contributed by atoms with E-state index in [4.69, 9.17) is 10.5 Å². The van der Waals surface area contributed by atoms with Crippen molar-refractivity contribution in [3.05, 3.63) is 12.1 Å². The summed E-state index contributed by atoms with van der Waals surface area (Å²) in [7, 11) is 1.44. The Bertz CT molecular complexity index is 328. The molecule has 1 rings (SSSR count). The van der Waals surface area contributed by atoms with Crippen molar-refractivity contribution in [2.45, 2.75) is 6.92 Å². The lowest BCUT2D eigenvalue weighted by atomic mass is 10.4. The van der Waals surface area contributed by atoms with Gasteiger partial charge in [-0.2, -0.15) is 15.4 Å². The third-order valence-electron chi connectivity index (χ3n) is 1.87. The zero-order chi connectivity index (χ0) is 10.8. The predicted molar refractivity (Wildman–Crippen MR) is 51.1 cm³/mol. The van der Waals surface area contributed by atoms with Crippen molar-refractivity contribution in [2.75, 3.05) is 19.4 Å². The number of hydrogen-bond acceptors (Lipinski definition) is 5. The van der Waals surface area contributed by atoms with Crippen LogP contribution in [0.4, 0.5) is 11.5 Å². The first-order valence-electron chi connectivity index (χ1n) is 4.16. The van der Waals surface area contributed by atoms with E-state index in [1.54, 1.807) is 13.0 Å². The Labute approximate surface area is 81.7 Å². The zero-order valence-electron chi connectivity index (χ0n) is 8.14. The second-order valence-corrected chi connectivity index (χ2v) is 2.81. The molecule has 0 fully saturated rings. The highest BCUT2D eigenvalue weighted by Crippen LogP contribution is 2.25. The first kappa shape index (κ1) is 10.7. The minimum atomic E-state index is -1.34. The van der Waals surface area contributed by atoms with Crippen LogP contribution in [-0.2, 0) is 0 Å². The van der Waals surface area contributed by atoms with E-state index in [2.05, 4.69) is 4.98 Å². The van der Waals surface area contributed by atoms with Gasteiger partial charge in [0.15, 0.2) is 0 Å². The molecule has 6 heteroatoms. The number of ether oxygens (including phenoxy) is 1. The molecule has 14 heavy (non-hydrogen) atoms. The van der Waals surface area contributed by atoms with E-state index in [1.165, 1.54) is 13.2 Å². The average molecular weight is 200 g/mol. The minimum absolute atomic E-state index is 0.0353. The monoisotopic (exact) mass is 200 g/mol. The molecule has 0 aliphatic heterocycles. The molecule has 0 saturated heterocycles. The molecule has 1 aromatic heterocycles. The summed E-state index contributed by atoms with van der Waals surface area (Å²) in [5, 5.41) is 19.0. The third-order valence-corrected chi connectivity index (χ3v) is 1.87. The normalized spacial score (nSPS) is 11.4. The van der Waals surface area contributed by atoms with Gasteiger partial charge >= 0.3 is 5.82 Å². The maximum absolute atomic E-state index is 9.49. The van der Waals surface area contributed by atoms with Crippen LogP contribution in [0.5, 0.6) is 5.88 Å². The van der Waals surface area contributed by atoms with Crippen molar-refractivity contribution >= 4 is 11.5 Å². The van der Waals surface area contributed by atoms with Crippen LogP contribution in [0, 0.1) is 0 Å². The Kier molecular flexibility index (Phi) is 2.90. The smallest absolute Gasteiger partial charge is 0.320 e. The van der Waals surface area contributed by atoms with Crippen LogP contribution in [0.15, 0.2) is 12.1 Å². The average Bonchev–Trinajstić information content (AvgIpc) is 2.18. The summed E-state index contributed by atoms with van der Waals surface area (Å²) in [6, 6.07) is 3.06. The zero-order valence-corrected chi connectivity index (χ0v) is 8.14. The van der Waals surface area contributed by atoms with E-state index in [9.17, 15) is 10.4 Å². The summed E-state index contributed by atoms with van der Waals surface area (Å²) in [4.78, 5) is 2.51. The second kappa shape index (κ2) is 3.79. The van der Waals surface area contributed by atoms with Crippen LogP contribution >= 0.6 is 0 Å². The first-order valence-corrected chi connectivity index (χ1v) is 4.16. The van der Waals surface area contributed by atoms with Crippen LogP contribution < -0.4 is 15.3 Å². The first-order chi connectivity index (χ1) is 6.51. The summed E-state index contributed by atoms with van der Waals surface area (Å²) < 4.78 is 4.85. The number of quaternary nitrogens is 1. The molecule has 0 aromatic carbocycles. The lowest BCUT2D eigenvalue weighted by Gasteiger charge is -2.18. The van der Waals surface area contributed by atoms with Crippen LogP contribution in [0.2, 0.25) is 0 Å². The maximum Gasteiger partial charge on any atom is 0.320 e. The van der Waals surface area contributed by atoms with Crippen LogP contribution in [0.3, 0.4) is 0 Å². The van der Waals surface area contributed by atoms with E-state index in [0.717, 1.165) is 0 Å². The molecule has 0 amide bonds. The predicted octanol–water partition coefficient (Wildman–Crippen LogP) is 0.778. The Morgan fingerprint density at radius 2 is 2.14 bits per heavy atom. The van der Waals surface area contributed by atoms with E-state index in [-0.39, 0.29) is 23.9 Å². The molecule has 0 unspecified atom stereocenters. The van der Waals surface area contributed by atoms with Gasteiger partial charge in [0.1, 0.15) is 12.2 Å². The molecule has 0 radical (unpaired) electrons. The van der Waals surface area contributed by atoms with Crippen molar-refractivity contribution in [3.8, 4) is 5.88 Å². The highest BCUT2D eigenvalue weighted by atomic mass is 16.8. The van der Waals surface area contributed by atoms with Crippen molar-refractivity contribution in [3.63, 3.8) is 0 Å². The van der Waals surface area contributed by atoms with E-state index < -0.39 is 4.81 Å². The molecule has 0 aliphatic carbocycles. The lowest BCUT2D eigenvalue weighted by Crippen LogP contribution is -2.43. The fraction of sp³-hybridized carbons (Fsp3) is 0.375. The van der Waals surface area contributed by atoms with Crippen molar-refractivity contribution in [2.24, 2.45) is 0 Å². The summed E-state index contributed by atoms with van der Waals surface area (Å²) in [5.41, 5.74) is 5.76. The third kappa shape index (κ3) is 1.92. The Hall–Kier alpha value is -1.37. The standard InChI is InChI=1S/C8H14N3O3/c1-3-11(12,13)8-6(9)4-5-7(10-8)14-2/h4-5,12-13H,3,9H2,1-2H3/q+1. The van der Waals surface area contributed by atoms with Gasteiger partial charge in [-0.25, -0.2) is 0 Å². The number of nitrogens with zero attached hydrogens (tertiary/aromatic N) is 2. The minimum Gasteiger partial charge on any atom is -0.481 e. The van der Waals surface area contributed by atoms with E-state index in [0.29, 0.717) is 0 Å². The summed E-state index contributed by atoms with van der Waals surface area (Å²) >= 11 is 0. The number of anilines is 1. The lowest BCUT2D eigenvalue weighted by molar-refractivity contribution is -0.289. The molecule has 0 saturated carbocycles. The molecule has 0 aliphatic rings. The molecule has 0 atom stereocenters. The van der Waals surface area contributed by atoms with E-state index in [1.807, 2.05) is 0 Å². The number of hydrogen-bond donors (Lipinski definition) is 3. The number of methoxy groups -OCH3 is 1. The van der Waals surface area contributed by atoms with Gasteiger partial charge in [0.05, 0.1) is 7.11 Å². The fourth-order valence-electron chi connectivity index (χ4n) is 0.992. The molecule has 6 nitrogen and oxygen atoms in total.